The Kier molecular flexibility index (Phi) is 3.50. The Balaban J connectivity index is 0.000000490. The first-order valence-electron chi connectivity index (χ1n) is 1.87. The molecule has 0 aliphatic heterocycles. The van der Waals surface area contributed by atoms with E-state index in [4.69, 9.17) is 0 Å². The topological polar surface area (TPSA) is 12.9 Å². The Bertz CT molecular complexity index is 142. The molecular formula is C5H4FLiN. The van der Waals surface area contributed by atoms with Crippen molar-refractivity contribution >= 4 is 18.9 Å². The summed E-state index contributed by atoms with van der Waals surface area (Å²) in [5.74, 6) is -0.484. The molecule has 3 heteroatoms. The molecule has 0 fully saturated rings. The first kappa shape index (κ1) is 7.68. The van der Waals surface area contributed by atoms with E-state index in [0.29, 0.717) is 0 Å². The molecule has 8 heavy (non-hydrogen) atoms. The van der Waals surface area contributed by atoms with Crippen LogP contribution in [-0.2, 0) is 0 Å². The van der Waals surface area contributed by atoms with E-state index < -0.39 is 5.95 Å². The van der Waals surface area contributed by atoms with Gasteiger partial charge in [0.2, 0.25) is 5.95 Å². The van der Waals surface area contributed by atoms with E-state index in [1.54, 1.807) is 6.07 Å². The van der Waals surface area contributed by atoms with Crippen molar-refractivity contribution in [3.63, 3.8) is 0 Å². The van der Waals surface area contributed by atoms with Gasteiger partial charge in [-0.25, -0.2) is 4.98 Å². The van der Waals surface area contributed by atoms with Crippen LogP contribution in [0.1, 0.15) is 0 Å². The average Bonchev–Trinajstić information content (AvgIpc) is 1.69. The fraction of sp³-hybridized carbons (Fsp3) is 0. The summed E-state index contributed by atoms with van der Waals surface area (Å²) >= 11 is 0. The van der Waals surface area contributed by atoms with E-state index in [0.717, 1.165) is 0 Å². The molecule has 1 radical (unpaired) electrons. The zero-order valence-corrected chi connectivity index (χ0v) is 3.56. The predicted octanol–water partition coefficient (Wildman–Crippen LogP) is 0.372. The van der Waals surface area contributed by atoms with E-state index >= 15 is 0 Å². The fourth-order valence-electron chi connectivity index (χ4n) is 0.306. The summed E-state index contributed by atoms with van der Waals surface area (Å²) < 4.78 is 11.8. The Labute approximate surface area is 59.1 Å². The van der Waals surface area contributed by atoms with Gasteiger partial charge in [0, 0.05) is 12.3 Å². The molecule has 1 aromatic heterocycles. The summed E-state index contributed by atoms with van der Waals surface area (Å²) in [6, 6.07) is 5.25. The first-order valence-corrected chi connectivity index (χ1v) is 1.87. The normalized spacial score (nSPS) is 7.62. The van der Waals surface area contributed by atoms with Crippen LogP contribution in [0.5, 0.6) is 0 Å². The summed E-state index contributed by atoms with van der Waals surface area (Å²) in [6.07, 6.45) is 1.36. The number of hydrogen-bond acceptors (Lipinski definition) is 1. The number of halogens is 1. The van der Waals surface area contributed by atoms with E-state index in [1.807, 2.05) is 0 Å². The third-order valence-corrected chi connectivity index (χ3v) is 0.571. The molecule has 0 N–H and O–H groups in total. The SMILES string of the molecule is Fc1c[c]ccn1.[LiH]. The molecule has 0 aliphatic rings. The Hall–Kier alpha value is -0.323. The number of aromatic nitrogens is 1. The molecule has 1 heterocycles. The standard InChI is InChI=1S/C5H3FN.Li.H/c6-5-3-1-2-4-7-5;;/h2-4H;;. The Morgan fingerprint density at radius 2 is 2.38 bits per heavy atom. The fourth-order valence-corrected chi connectivity index (χ4v) is 0.306. The number of pyridine rings is 1. The van der Waals surface area contributed by atoms with Gasteiger partial charge < -0.3 is 0 Å². The van der Waals surface area contributed by atoms with Gasteiger partial charge in [-0.3, -0.25) is 0 Å². The predicted molar refractivity (Wildman–Crippen MR) is 30.2 cm³/mol. The quantitative estimate of drug-likeness (QED) is 0.342. The third kappa shape index (κ3) is 2.11. The van der Waals surface area contributed by atoms with Crippen molar-refractivity contribution in [2.75, 3.05) is 0 Å². The minimum atomic E-state index is -0.484. The Morgan fingerprint density at radius 3 is 2.62 bits per heavy atom. The maximum atomic E-state index is 11.8. The second-order valence-corrected chi connectivity index (χ2v) is 1.08. The molecular weight excluding hydrogens is 100 g/mol. The number of nitrogens with zero attached hydrogens (tertiary/aromatic N) is 1. The molecule has 0 aliphatic carbocycles. The molecule has 1 rings (SSSR count). The summed E-state index contributed by atoms with van der Waals surface area (Å²) in [5, 5.41) is 0. The van der Waals surface area contributed by atoms with Crippen molar-refractivity contribution in [2.45, 2.75) is 0 Å². The van der Waals surface area contributed by atoms with Gasteiger partial charge in [0.25, 0.3) is 0 Å². The van der Waals surface area contributed by atoms with Gasteiger partial charge in [-0.05, 0) is 12.1 Å². The Morgan fingerprint density at radius 1 is 1.62 bits per heavy atom. The molecule has 0 unspecified atom stereocenters. The van der Waals surface area contributed by atoms with Gasteiger partial charge in [0.1, 0.15) is 0 Å². The third-order valence-electron chi connectivity index (χ3n) is 0.571. The molecule has 37 valence electrons. The van der Waals surface area contributed by atoms with Crippen molar-refractivity contribution in [1.29, 1.82) is 0 Å². The van der Waals surface area contributed by atoms with Crippen LogP contribution in [-0.4, -0.2) is 23.8 Å². The second-order valence-electron chi connectivity index (χ2n) is 1.08. The van der Waals surface area contributed by atoms with Crippen molar-refractivity contribution in [2.24, 2.45) is 0 Å². The summed E-state index contributed by atoms with van der Waals surface area (Å²) in [7, 11) is 0. The number of hydrogen-bond donors (Lipinski definition) is 0. The molecule has 0 saturated carbocycles. The molecule has 0 amide bonds. The number of rotatable bonds is 0. The van der Waals surface area contributed by atoms with Crippen molar-refractivity contribution in [1.82, 2.24) is 4.98 Å². The maximum absolute atomic E-state index is 11.8. The van der Waals surface area contributed by atoms with Crippen LogP contribution in [0.25, 0.3) is 0 Å². The molecule has 0 atom stereocenters. The summed E-state index contributed by atoms with van der Waals surface area (Å²) in [5.41, 5.74) is 0. The monoisotopic (exact) mass is 104 g/mol. The van der Waals surface area contributed by atoms with Crippen LogP contribution >= 0.6 is 0 Å². The molecule has 0 bridgehead atoms. The van der Waals surface area contributed by atoms with Crippen LogP contribution in [0.3, 0.4) is 0 Å². The van der Waals surface area contributed by atoms with Crippen LogP contribution in [0.15, 0.2) is 18.3 Å². The summed E-state index contributed by atoms with van der Waals surface area (Å²) in [4.78, 5) is 3.28. The van der Waals surface area contributed by atoms with Crippen LogP contribution in [0, 0.1) is 12.0 Å². The molecule has 0 aromatic carbocycles. The van der Waals surface area contributed by atoms with Crippen LogP contribution in [0.4, 0.5) is 4.39 Å². The summed E-state index contributed by atoms with van der Waals surface area (Å²) in [6.45, 7) is 0. The zero-order valence-electron chi connectivity index (χ0n) is 3.56. The van der Waals surface area contributed by atoms with Crippen LogP contribution in [0.2, 0.25) is 0 Å². The minimum absolute atomic E-state index is 0. The van der Waals surface area contributed by atoms with Gasteiger partial charge in [0.15, 0.2) is 0 Å². The van der Waals surface area contributed by atoms with Crippen LogP contribution < -0.4 is 0 Å². The second kappa shape index (κ2) is 3.65. The van der Waals surface area contributed by atoms with E-state index in [9.17, 15) is 4.39 Å². The van der Waals surface area contributed by atoms with Gasteiger partial charge >= 0.3 is 18.9 Å². The van der Waals surface area contributed by atoms with Gasteiger partial charge in [-0.15, -0.1) is 0 Å². The van der Waals surface area contributed by atoms with E-state index in [1.165, 1.54) is 12.3 Å². The van der Waals surface area contributed by atoms with Gasteiger partial charge in [0.05, 0.1) is 0 Å². The van der Waals surface area contributed by atoms with E-state index in [2.05, 4.69) is 11.1 Å². The van der Waals surface area contributed by atoms with Crippen molar-refractivity contribution in [3.05, 3.63) is 30.3 Å². The molecule has 0 spiro atoms. The van der Waals surface area contributed by atoms with Crippen molar-refractivity contribution < 1.29 is 4.39 Å². The first-order chi connectivity index (χ1) is 3.39. The van der Waals surface area contributed by atoms with E-state index in [-0.39, 0.29) is 18.9 Å². The molecule has 0 saturated heterocycles. The average molecular weight is 104 g/mol. The van der Waals surface area contributed by atoms with Gasteiger partial charge in [-0.2, -0.15) is 4.39 Å². The van der Waals surface area contributed by atoms with Gasteiger partial charge in [-0.1, -0.05) is 0 Å². The molecule has 1 nitrogen and oxygen atoms in total. The molecule has 1 aromatic rings. The van der Waals surface area contributed by atoms with Crippen molar-refractivity contribution in [3.8, 4) is 0 Å². The zero-order chi connectivity index (χ0) is 5.11.